The average molecular weight is 433 g/mol. The molecule has 2 atom stereocenters. The molecule has 2 fully saturated rings. The van der Waals surface area contributed by atoms with Crippen molar-refractivity contribution < 1.29 is 9.59 Å². The number of fused-ring (bicyclic) bond motifs is 1. The molecule has 158 valence electrons. The number of nitrogens with zero attached hydrogens (tertiary/aromatic N) is 3. The highest BCUT2D eigenvalue weighted by Crippen LogP contribution is 2.47. The summed E-state index contributed by atoms with van der Waals surface area (Å²) in [6.45, 7) is 2.42. The Hall–Kier alpha value is -3.06. The Morgan fingerprint density at radius 1 is 1.16 bits per heavy atom. The summed E-state index contributed by atoms with van der Waals surface area (Å²) in [5.41, 5.74) is 3.74. The van der Waals surface area contributed by atoms with E-state index in [-0.39, 0.29) is 16.7 Å². The monoisotopic (exact) mass is 432 g/mol. The van der Waals surface area contributed by atoms with Crippen LogP contribution in [0.25, 0.3) is 16.9 Å². The molecular formula is C24H24N4O2S. The molecule has 2 aliphatic heterocycles. The molecule has 2 aromatic carbocycles. The van der Waals surface area contributed by atoms with E-state index in [9.17, 15) is 9.59 Å². The molecule has 3 aromatic rings. The lowest BCUT2D eigenvalue weighted by Gasteiger charge is -2.29. The third-order valence-corrected chi connectivity index (χ3v) is 7.56. The lowest BCUT2D eigenvalue weighted by molar-refractivity contribution is -0.138. The topological polar surface area (TPSA) is 67.2 Å². The summed E-state index contributed by atoms with van der Waals surface area (Å²) in [6.07, 6.45) is 3.30. The van der Waals surface area contributed by atoms with Crippen LogP contribution in [0.1, 0.15) is 25.3 Å². The Morgan fingerprint density at radius 3 is 2.61 bits per heavy atom. The molecule has 1 aromatic heterocycles. The van der Waals surface area contributed by atoms with Crippen LogP contribution in [0.15, 0.2) is 66.9 Å². The Balaban J connectivity index is 1.39. The molecular weight excluding hydrogens is 408 g/mol. The number of nitrogens with one attached hydrogen (secondary N) is 1. The smallest absolute Gasteiger partial charge is 0.243 e. The summed E-state index contributed by atoms with van der Waals surface area (Å²) in [5, 5.41) is 7.87. The van der Waals surface area contributed by atoms with Crippen LogP contribution in [0.3, 0.4) is 0 Å². The van der Waals surface area contributed by atoms with Crippen LogP contribution in [0.2, 0.25) is 0 Å². The highest BCUT2D eigenvalue weighted by molar-refractivity contribution is 8.01. The van der Waals surface area contributed by atoms with Crippen molar-refractivity contribution in [2.24, 2.45) is 0 Å². The highest BCUT2D eigenvalue weighted by Gasteiger charge is 2.52. The second kappa shape index (κ2) is 7.89. The molecule has 0 aliphatic carbocycles. The second-order valence-corrected chi connectivity index (χ2v) is 9.63. The van der Waals surface area contributed by atoms with Gasteiger partial charge in [0.2, 0.25) is 11.8 Å². The summed E-state index contributed by atoms with van der Waals surface area (Å²) in [4.78, 5) is 26.9. The third-order valence-electron chi connectivity index (χ3n) is 6.06. The largest absolute Gasteiger partial charge is 0.350 e. The molecule has 7 heteroatoms. The molecule has 0 bridgehead atoms. The molecule has 2 saturated heterocycles. The molecule has 2 unspecified atom stereocenters. The quantitative estimate of drug-likeness (QED) is 0.669. The van der Waals surface area contributed by atoms with Gasteiger partial charge in [0.25, 0.3) is 0 Å². The number of para-hydroxylation sites is 1. The molecule has 0 radical (unpaired) electrons. The molecule has 1 N–H and O–H groups in total. The van der Waals surface area contributed by atoms with Crippen LogP contribution in [0, 0.1) is 0 Å². The van der Waals surface area contributed by atoms with Crippen molar-refractivity contribution in [1.29, 1.82) is 0 Å². The van der Waals surface area contributed by atoms with E-state index in [1.165, 1.54) is 0 Å². The van der Waals surface area contributed by atoms with E-state index in [1.807, 2.05) is 71.5 Å². The van der Waals surface area contributed by atoms with Gasteiger partial charge in [0.1, 0.15) is 6.04 Å². The SMILES string of the molecule is CC12CCC(=O)N1C(C(=O)NCc1cn(-c3ccccc3)nc1-c1ccccc1)CS2. The maximum absolute atomic E-state index is 13.0. The maximum Gasteiger partial charge on any atom is 0.243 e. The van der Waals surface area contributed by atoms with E-state index in [0.717, 1.165) is 28.9 Å². The zero-order valence-electron chi connectivity index (χ0n) is 17.3. The zero-order valence-corrected chi connectivity index (χ0v) is 18.1. The first-order valence-corrected chi connectivity index (χ1v) is 11.5. The fourth-order valence-corrected chi connectivity index (χ4v) is 5.84. The highest BCUT2D eigenvalue weighted by atomic mass is 32.2. The first kappa shape index (κ1) is 19.9. The predicted octanol–water partition coefficient (Wildman–Crippen LogP) is 3.61. The second-order valence-electron chi connectivity index (χ2n) is 8.13. The Morgan fingerprint density at radius 2 is 1.87 bits per heavy atom. The van der Waals surface area contributed by atoms with Gasteiger partial charge >= 0.3 is 0 Å². The predicted molar refractivity (Wildman–Crippen MR) is 122 cm³/mol. The van der Waals surface area contributed by atoms with Crippen LogP contribution in [0.4, 0.5) is 0 Å². The number of thioether (sulfide) groups is 1. The fourth-order valence-electron chi connectivity index (χ4n) is 4.41. The fraction of sp³-hybridized carbons (Fsp3) is 0.292. The molecule has 31 heavy (non-hydrogen) atoms. The molecule has 2 amide bonds. The minimum Gasteiger partial charge on any atom is -0.350 e. The van der Waals surface area contributed by atoms with Gasteiger partial charge in [0.15, 0.2) is 0 Å². The van der Waals surface area contributed by atoms with Gasteiger partial charge in [0.05, 0.1) is 16.3 Å². The van der Waals surface area contributed by atoms with Gasteiger partial charge in [-0.25, -0.2) is 4.68 Å². The number of hydrogen-bond donors (Lipinski definition) is 1. The molecule has 5 rings (SSSR count). The van der Waals surface area contributed by atoms with Crippen LogP contribution < -0.4 is 5.32 Å². The van der Waals surface area contributed by atoms with E-state index in [0.29, 0.717) is 18.7 Å². The standard InChI is InChI=1S/C24H24N4O2S/c1-24-13-12-21(29)28(24)20(16-31-24)23(30)25-14-18-15-27(19-10-6-3-7-11-19)26-22(18)17-8-4-2-5-9-17/h2-11,15,20H,12-14,16H2,1H3,(H,25,30). The van der Waals surface area contributed by atoms with Gasteiger partial charge in [-0.15, -0.1) is 11.8 Å². The van der Waals surface area contributed by atoms with Gasteiger partial charge < -0.3 is 10.2 Å². The van der Waals surface area contributed by atoms with E-state index >= 15 is 0 Å². The number of carbonyl (C=O) groups is 2. The van der Waals surface area contributed by atoms with Crippen molar-refractivity contribution in [3.8, 4) is 16.9 Å². The number of hydrogen-bond acceptors (Lipinski definition) is 4. The first-order chi connectivity index (χ1) is 15.0. The van der Waals surface area contributed by atoms with E-state index in [1.54, 1.807) is 16.7 Å². The summed E-state index contributed by atoms with van der Waals surface area (Å²) in [5.74, 6) is 0.621. The average Bonchev–Trinajstić information content (AvgIpc) is 3.46. The molecule has 2 aliphatic rings. The lowest BCUT2D eigenvalue weighted by Crippen LogP contribution is -2.49. The number of rotatable bonds is 5. The zero-order chi connectivity index (χ0) is 21.4. The number of amides is 2. The normalized spacial score (nSPS) is 22.5. The van der Waals surface area contributed by atoms with Crippen LogP contribution in [0.5, 0.6) is 0 Å². The van der Waals surface area contributed by atoms with Gasteiger partial charge in [0, 0.05) is 36.0 Å². The van der Waals surface area contributed by atoms with Crippen molar-refractivity contribution in [2.45, 2.75) is 37.2 Å². The van der Waals surface area contributed by atoms with E-state index in [4.69, 9.17) is 5.10 Å². The number of aromatic nitrogens is 2. The summed E-state index contributed by atoms with van der Waals surface area (Å²) < 4.78 is 1.84. The van der Waals surface area contributed by atoms with Crippen LogP contribution >= 0.6 is 11.8 Å². The summed E-state index contributed by atoms with van der Waals surface area (Å²) in [7, 11) is 0. The Kier molecular flexibility index (Phi) is 5.06. The minimum atomic E-state index is -0.408. The number of benzene rings is 2. The van der Waals surface area contributed by atoms with Crippen molar-refractivity contribution in [3.63, 3.8) is 0 Å². The van der Waals surface area contributed by atoms with E-state index in [2.05, 4.69) is 12.2 Å². The third kappa shape index (κ3) is 3.63. The van der Waals surface area contributed by atoms with Crippen LogP contribution in [-0.2, 0) is 16.1 Å². The molecule has 0 saturated carbocycles. The molecule has 6 nitrogen and oxygen atoms in total. The Bertz CT molecular complexity index is 1120. The van der Waals surface area contributed by atoms with Crippen molar-refractivity contribution in [3.05, 3.63) is 72.4 Å². The Labute approximate surface area is 185 Å². The molecule has 0 spiro atoms. The lowest BCUT2D eigenvalue weighted by atomic mass is 10.1. The molecule has 3 heterocycles. The van der Waals surface area contributed by atoms with Gasteiger partial charge in [-0.1, -0.05) is 48.5 Å². The first-order valence-electron chi connectivity index (χ1n) is 10.5. The summed E-state index contributed by atoms with van der Waals surface area (Å²) in [6, 6.07) is 19.5. The minimum absolute atomic E-state index is 0.0783. The van der Waals surface area contributed by atoms with Crippen molar-refractivity contribution >= 4 is 23.6 Å². The van der Waals surface area contributed by atoms with Gasteiger partial charge in [-0.3, -0.25) is 9.59 Å². The van der Waals surface area contributed by atoms with Crippen LogP contribution in [-0.4, -0.2) is 43.2 Å². The van der Waals surface area contributed by atoms with Crippen molar-refractivity contribution in [1.82, 2.24) is 20.0 Å². The van der Waals surface area contributed by atoms with Crippen molar-refractivity contribution in [2.75, 3.05) is 5.75 Å². The van der Waals surface area contributed by atoms with Gasteiger partial charge in [-0.2, -0.15) is 5.10 Å². The maximum atomic E-state index is 13.0. The summed E-state index contributed by atoms with van der Waals surface area (Å²) >= 11 is 1.71. The van der Waals surface area contributed by atoms with Gasteiger partial charge in [-0.05, 0) is 25.5 Å². The number of carbonyl (C=O) groups excluding carboxylic acids is 2. The van der Waals surface area contributed by atoms with E-state index < -0.39 is 6.04 Å².